The summed E-state index contributed by atoms with van der Waals surface area (Å²) in [4.78, 5) is 13.5. The van der Waals surface area contributed by atoms with Gasteiger partial charge in [-0.05, 0) is 30.5 Å². The first-order valence-electron chi connectivity index (χ1n) is 8.27. The van der Waals surface area contributed by atoms with Crippen molar-refractivity contribution < 1.29 is 14.3 Å². The average molecular weight is 352 g/mol. The second-order valence-corrected chi connectivity index (χ2v) is 7.73. The first kappa shape index (κ1) is 16.3. The molecule has 1 aromatic carbocycles. The van der Waals surface area contributed by atoms with Gasteiger partial charge in [0.25, 0.3) is 0 Å². The summed E-state index contributed by atoms with van der Waals surface area (Å²) in [6.07, 6.45) is 1.69. The minimum absolute atomic E-state index is 0.110. The number of rotatable bonds is 3. The van der Waals surface area contributed by atoms with Crippen LogP contribution in [0.1, 0.15) is 24.4 Å². The van der Waals surface area contributed by atoms with E-state index in [0.717, 1.165) is 31.5 Å². The predicted molar refractivity (Wildman–Crippen MR) is 89.2 cm³/mol. The van der Waals surface area contributed by atoms with Gasteiger partial charge in [0.1, 0.15) is 16.8 Å². The summed E-state index contributed by atoms with van der Waals surface area (Å²) in [5, 5.41) is 15.0. The number of hydrogen-bond donors (Lipinski definition) is 3. The third kappa shape index (κ3) is 3.16. The molecule has 3 fully saturated rings. The fraction of sp³-hybridized carbons (Fsp3) is 0.562. The Hall–Kier alpha value is -1.19. The van der Waals surface area contributed by atoms with Crippen LogP contribution in [0.4, 0.5) is 4.39 Å². The smallest absolute Gasteiger partial charge is 0.307 e. The van der Waals surface area contributed by atoms with Crippen LogP contribution in [0.25, 0.3) is 0 Å². The van der Waals surface area contributed by atoms with E-state index in [2.05, 4.69) is 20.7 Å². The van der Waals surface area contributed by atoms with E-state index in [1.807, 2.05) is 12.1 Å². The van der Waals surface area contributed by atoms with Crippen LogP contribution in [-0.2, 0) is 4.79 Å². The Labute approximate surface area is 144 Å². The molecule has 3 heterocycles. The molecule has 4 atom stereocenters. The molecular weight excluding hydrogens is 331 g/mol. The molecule has 0 amide bonds. The van der Waals surface area contributed by atoms with Crippen LogP contribution < -0.4 is 10.7 Å². The second kappa shape index (κ2) is 6.61. The largest absolute Gasteiger partial charge is 0.481 e. The second-order valence-electron chi connectivity index (χ2n) is 6.57. The van der Waals surface area contributed by atoms with Crippen molar-refractivity contribution >= 4 is 17.7 Å². The molecule has 4 rings (SSSR count). The first-order chi connectivity index (χ1) is 11.6. The number of halogens is 1. The molecule has 0 radical (unpaired) electrons. The number of nitrogens with zero attached hydrogens (tertiary/aromatic N) is 2. The van der Waals surface area contributed by atoms with Gasteiger partial charge in [-0.3, -0.25) is 15.0 Å². The number of hydrazine groups is 1. The molecule has 8 heteroatoms. The van der Waals surface area contributed by atoms with Gasteiger partial charge in [-0.15, -0.1) is 0 Å². The molecule has 0 aromatic heterocycles. The molecule has 0 bridgehead atoms. The predicted octanol–water partition coefficient (Wildman–Crippen LogP) is 1.39. The summed E-state index contributed by atoms with van der Waals surface area (Å²) in [7, 11) is 0. The third-order valence-corrected chi connectivity index (χ3v) is 6.26. The number of carbonyl (C=O) groups is 1. The van der Waals surface area contributed by atoms with Crippen molar-refractivity contribution in [2.45, 2.75) is 29.9 Å². The highest BCUT2D eigenvalue weighted by Crippen LogP contribution is 2.36. The first-order valence-corrected chi connectivity index (χ1v) is 9.21. The van der Waals surface area contributed by atoms with E-state index in [0.29, 0.717) is 6.54 Å². The Kier molecular flexibility index (Phi) is 4.48. The van der Waals surface area contributed by atoms with Gasteiger partial charge in [0.05, 0.1) is 5.92 Å². The SMILES string of the molecule is O=C(O)C1CCCN(C2NN3CC(c4ccc(F)cc4)NC3S2)C1. The molecule has 3 saturated heterocycles. The number of likely N-dealkylation sites (tertiary alicyclic amines) is 1. The standard InChI is InChI=1S/C16H21FN4O2S/c17-12-5-3-10(4-6-12)13-9-21-15(18-13)24-16(19-21)20-7-1-2-11(8-20)14(22)23/h3-6,11,13,15-16,18-19H,1-2,7-9H2,(H,22,23). The lowest BCUT2D eigenvalue weighted by atomic mass is 9.99. The maximum absolute atomic E-state index is 13.1. The van der Waals surface area contributed by atoms with Gasteiger partial charge in [0, 0.05) is 25.7 Å². The molecule has 3 aliphatic rings. The monoisotopic (exact) mass is 352 g/mol. The maximum atomic E-state index is 13.1. The van der Waals surface area contributed by atoms with E-state index in [1.54, 1.807) is 11.8 Å². The van der Waals surface area contributed by atoms with E-state index in [9.17, 15) is 14.3 Å². The quantitative estimate of drug-likeness (QED) is 0.759. The number of carboxylic acid groups (broad SMARTS) is 1. The number of fused-ring (bicyclic) bond motifs is 1. The Morgan fingerprint density at radius 1 is 1.25 bits per heavy atom. The summed E-state index contributed by atoms with van der Waals surface area (Å²) >= 11 is 1.77. The molecule has 24 heavy (non-hydrogen) atoms. The van der Waals surface area contributed by atoms with Gasteiger partial charge >= 0.3 is 5.97 Å². The molecule has 130 valence electrons. The lowest BCUT2D eigenvalue weighted by Gasteiger charge is -2.34. The maximum Gasteiger partial charge on any atom is 0.307 e. The highest BCUT2D eigenvalue weighted by Gasteiger charge is 2.43. The molecule has 1 aromatic rings. The van der Waals surface area contributed by atoms with Gasteiger partial charge in [-0.2, -0.15) is 0 Å². The number of nitrogens with one attached hydrogen (secondary N) is 2. The summed E-state index contributed by atoms with van der Waals surface area (Å²) < 4.78 is 13.1. The van der Waals surface area contributed by atoms with E-state index < -0.39 is 5.97 Å². The Bertz CT molecular complexity index is 603. The van der Waals surface area contributed by atoms with E-state index >= 15 is 0 Å². The molecular formula is C16H21FN4O2S. The normalized spacial score (nSPS) is 34.4. The van der Waals surface area contributed by atoms with Crippen LogP contribution >= 0.6 is 11.8 Å². The molecule has 6 nitrogen and oxygen atoms in total. The van der Waals surface area contributed by atoms with Crippen molar-refractivity contribution in [1.29, 1.82) is 0 Å². The molecule has 3 N–H and O–H groups in total. The highest BCUT2D eigenvalue weighted by molar-refractivity contribution is 8.00. The zero-order valence-electron chi connectivity index (χ0n) is 13.2. The lowest BCUT2D eigenvalue weighted by molar-refractivity contribution is -0.143. The highest BCUT2D eigenvalue weighted by atomic mass is 32.2. The Balaban J connectivity index is 1.36. The fourth-order valence-corrected chi connectivity index (χ4v) is 4.96. The summed E-state index contributed by atoms with van der Waals surface area (Å²) in [5.41, 5.74) is 4.82. The number of hydrogen-bond acceptors (Lipinski definition) is 6. The van der Waals surface area contributed by atoms with E-state index in [1.165, 1.54) is 12.1 Å². The number of carboxylic acids is 1. The van der Waals surface area contributed by atoms with Crippen LogP contribution in [-0.4, -0.2) is 51.6 Å². The van der Waals surface area contributed by atoms with Crippen LogP contribution in [0, 0.1) is 11.7 Å². The zero-order valence-corrected chi connectivity index (χ0v) is 14.0. The summed E-state index contributed by atoms with van der Waals surface area (Å²) in [5.74, 6) is -1.18. The Morgan fingerprint density at radius 3 is 2.75 bits per heavy atom. The summed E-state index contributed by atoms with van der Waals surface area (Å²) in [6.45, 7) is 2.33. The van der Waals surface area contributed by atoms with Gasteiger partial charge in [0.2, 0.25) is 0 Å². The van der Waals surface area contributed by atoms with Gasteiger partial charge in [0.15, 0.2) is 0 Å². The minimum atomic E-state index is -0.697. The molecule has 0 spiro atoms. The van der Waals surface area contributed by atoms with Crippen molar-refractivity contribution in [1.82, 2.24) is 20.7 Å². The van der Waals surface area contributed by atoms with Crippen LogP contribution in [0.15, 0.2) is 24.3 Å². The van der Waals surface area contributed by atoms with Crippen molar-refractivity contribution in [3.8, 4) is 0 Å². The lowest BCUT2D eigenvalue weighted by Crippen LogP contribution is -2.50. The molecule has 0 aliphatic carbocycles. The summed E-state index contributed by atoms with van der Waals surface area (Å²) in [6, 6.07) is 6.79. The van der Waals surface area contributed by atoms with Gasteiger partial charge in [-0.25, -0.2) is 14.8 Å². The van der Waals surface area contributed by atoms with E-state index in [4.69, 9.17) is 0 Å². The number of aliphatic carboxylic acids is 1. The van der Waals surface area contributed by atoms with Crippen LogP contribution in [0.2, 0.25) is 0 Å². The minimum Gasteiger partial charge on any atom is -0.481 e. The zero-order chi connectivity index (χ0) is 16.7. The Morgan fingerprint density at radius 2 is 2.04 bits per heavy atom. The van der Waals surface area contributed by atoms with Gasteiger partial charge in [-0.1, -0.05) is 23.9 Å². The number of thioether (sulfide) groups is 1. The van der Waals surface area contributed by atoms with Crippen molar-refractivity contribution in [3.05, 3.63) is 35.6 Å². The van der Waals surface area contributed by atoms with Crippen molar-refractivity contribution in [2.75, 3.05) is 19.6 Å². The molecule has 3 aliphatic heterocycles. The fourth-order valence-electron chi connectivity index (χ4n) is 3.62. The molecule has 4 unspecified atom stereocenters. The topological polar surface area (TPSA) is 67.8 Å². The van der Waals surface area contributed by atoms with Crippen LogP contribution in [0.3, 0.4) is 0 Å². The average Bonchev–Trinajstić information content (AvgIpc) is 3.14. The van der Waals surface area contributed by atoms with Gasteiger partial charge < -0.3 is 5.11 Å². The number of piperidine rings is 1. The van der Waals surface area contributed by atoms with Crippen molar-refractivity contribution in [3.63, 3.8) is 0 Å². The third-order valence-electron chi connectivity index (χ3n) is 4.95. The van der Waals surface area contributed by atoms with Crippen molar-refractivity contribution in [2.24, 2.45) is 5.92 Å². The molecule has 0 saturated carbocycles. The number of benzene rings is 1. The van der Waals surface area contributed by atoms with Crippen LogP contribution in [0.5, 0.6) is 0 Å². The van der Waals surface area contributed by atoms with E-state index in [-0.39, 0.29) is 28.8 Å².